The lowest BCUT2D eigenvalue weighted by Gasteiger charge is -2.34. The fraction of sp³-hybridized carbons (Fsp3) is 0.0159. The molecule has 0 saturated carbocycles. The summed E-state index contributed by atoms with van der Waals surface area (Å²) in [7, 11) is 0. The lowest BCUT2D eigenvalue weighted by Crippen LogP contribution is -2.28. The van der Waals surface area contributed by atoms with Gasteiger partial charge < -0.3 is 0 Å². The molecule has 0 fully saturated rings. The van der Waals surface area contributed by atoms with Crippen LogP contribution in [0.15, 0.2) is 255 Å². The van der Waals surface area contributed by atoms with Crippen molar-refractivity contribution in [2.45, 2.75) is 5.41 Å². The summed E-state index contributed by atoms with van der Waals surface area (Å²) in [6.07, 6.45) is 0. The Hall–Kier alpha value is -8.86. The third-order valence-electron chi connectivity index (χ3n) is 13.0. The molecule has 0 unspecified atom stereocenters. The maximum atomic E-state index is 5.43. The maximum Gasteiger partial charge on any atom is 0.164 e. The topological polar surface area (TPSA) is 51.6 Å². The van der Waals surface area contributed by atoms with E-state index < -0.39 is 5.41 Å². The molecule has 0 N–H and O–H groups in total. The zero-order chi connectivity index (χ0) is 44.6. The van der Waals surface area contributed by atoms with Crippen LogP contribution < -0.4 is 0 Å². The van der Waals surface area contributed by atoms with Gasteiger partial charge in [0.05, 0.1) is 16.8 Å². The number of benzene rings is 9. The Balaban J connectivity index is 0.970. The lowest BCUT2D eigenvalue weighted by atomic mass is 9.67. The summed E-state index contributed by atoms with van der Waals surface area (Å²) in [6, 6.07) is 90.2. The summed E-state index contributed by atoms with van der Waals surface area (Å²) >= 11 is 0. The molecule has 2 aromatic heterocycles. The molecule has 12 rings (SSSR count). The van der Waals surface area contributed by atoms with Crippen LogP contribution in [0.3, 0.4) is 0 Å². The summed E-state index contributed by atoms with van der Waals surface area (Å²) in [5.74, 6) is 1.85. The number of pyridine rings is 1. The van der Waals surface area contributed by atoms with Crippen molar-refractivity contribution in [3.63, 3.8) is 0 Å². The van der Waals surface area contributed by atoms with E-state index in [0.717, 1.165) is 61.5 Å². The SMILES string of the molecule is c1ccc(-c2cc(-c3cccc(-c4cccc(C5(c6ccccc6)c6ccccc6-c6ccccc65)c4)c3)nc(-c3cccc(-c4nc(-c5ccccc5)nc(-c5ccccc5)n4)c3)c2)cc1. The van der Waals surface area contributed by atoms with Crippen LogP contribution in [0, 0.1) is 0 Å². The second kappa shape index (κ2) is 16.9. The van der Waals surface area contributed by atoms with Gasteiger partial charge in [-0.05, 0) is 86.0 Å². The third kappa shape index (κ3) is 7.22. The highest BCUT2D eigenvalue weighted by molar-refractivity contribution is 5.87. The molecule has 0 spiro atoms. The van der Waals surface area contributed by atoms with Gasteiger partial charge in [0.15, 0.2) is 17.5 Å². The van der Waals surface area contributed by atoms with Crippen LogP contribution in [0.1, 0.15) is 22.3 Å². The Morgan fingerprint density at radius 1 is 0.224 bits per heavy atom. The minimum absolute atomic E-state index is 0.482. The van der Waals surface area contributed by atoms with Crippen molar-refractivity contribution >= 4 is 0 Å². The molecule has 314 valence electrons. The monoisotopic (exact) mass is 854 g/mol. The first-order valence-electron chi connectivity index (χ1n) is 22.7. The molecule has 0 bridgehead atoms. The fourth-order valence-corrected chi connectivity index (χ4v) is 9.88. The fourth-order valence-electron chi connectivity index (χ4n) is 9.88. The molecule has 9 aromatic carbocycles. The summed E-state index contributed by atoms with van der Waals surface area (Å²) in [5, 5.41) is 0. The van der Waals surface area contributed by atoms with Crippen molar-refractivity contribution in [1.29, 1.82) is 0 Å². The van der Waals surface area contributed by atoms with Crippen molar-refractivity contribution in [2.24, 2.45) is 0 Å². The first kappa shape index (κ1) is 39.7. The summed E-state index contributed by atoms with van der Waals surface area (Å²) < 4.78 is 0. The van der Waals surface area contributed by atoms with Crippen LogP contribution >= 0.6 is 0 Å². The molecule has 4 nitrogen and oxygen atoms in total. The molecular weight excluding hydrogens is 813 g/mol. The number of fused-ring (bicyclic) bond motifs is 3. The van der Waals surface area contributed by atoms with Crippen molar-refractivity contribution in [2.75, 3.05) is 0 Å². The molecule has 67 heavy (non-hydrogen) atoms. The first-order valence-corrected chi connectivity index (χ1v) is 22.7. The van der Waals surface area contributed by atoms with E-state index >= 15 is 0 Å². The quantitative estimate of drug-likeness (QED) is 0.145. The highest BCUT2D eigenvalue weighted by Crippen LogP contribution is 2.56. The highest BCUT2D eigenvalue weighted by Gasteiger charge is 2.45. The van der Waals surface area contributed by atoms with Gasteiger partial charge in [-0.25, -0.2) is 19.9 Å². The second-order valence-corrected chi connectivity index (χ2v) is 17.0. The Morgan fingerprint density at radius 2 is 0.597 bits per heavy atom. The molecule has 0 aliphatic heterocycles. The molecule has 11 aromatic rings. The van der Waals surface area contributed by atoms with E-state index in [9.17, 15) is 0 Å². The van der Waals surface area contributed by atoms with E-state index in [1.807, 2.05) is 60.7 Å². The predicted molar refractivity (Wildman–Crippen MR) is 273 cm³/mol. The first-order chi connectivity index (χ1) is 33.2. The van der Waals surface area contributed by atoms with Crippen LogP contribution in [0.4, 0.5) is 0 Å². The smallest absolute Gasteiger partial charge is 0.164 e. The van der Waals surface area contributed by atoms with Gasteiger partial charge in [-0.2, -0.15) is 0 Å². The van der Waals surface area contributed by atoms with Crippen LogP contribution in [0.25, 0.3) is 90.1 Å². The Bertz CT molecular complexity index is 3470. The van der Waals surface area contributed by atoms with E-state index in [4.69, 9.17) is 19.9 Å². The van der Waals surface area contributed by atoms with Crippen molar-refractivity contribution in [3.8, 4) is 90.1 Å². The average molecular weight is 855 g/mol. The predicted octanol–water partition coefficient (Wildman–Crippen LogP) is 15.3. The molecule has 0 amide bonds. The van der Waals surface area contributed by atoms with E-state index in [1.54, 1.807) is 0 Å². The molecule has 0 radical (unpaired) electrons. The van der Waals surface area contributed by atoms with Gasteiger partial charge in [-0.3, -0.25) is 0 Å². The van der Waals surface area contributed by atoms with E-state index in [-0.39, 0.29) is 0 Å². The number of nitrogens with zero attached hydrogens (tertiary/aromatic N) is 4. The minimum atomic E-state index is -0.482. The van der Waals surface area contributed by atoms with Gasteiger partial charge in [0.2, 0.25) is 0 Å². The number of rotatable bonds is 9. The molecule has 0 saturated heterocycles. The maximum absolute atomic E-state index is 5.43. The molecule has 0 atom stereocenters. The summed E-state index contributed by atoms with van der Waals surface area (Å²) in [4.78, 5) is 20.4. The molecular formula is C63H42N4. The lowest BCUT2D eigenvalue weighted by molar-refractivity contribution is 0.769. The van der Waals surface area contributed by atoms with Crippen LogP contribution in [0.2, 0.25) is 0 Å². The van der Waals surface area contributed by atoms with Crippen molar-refractivity contribution in [3.05, 3.63) is 277 Å². The zero-order valence-corrected chi connectivity index (χ0v) is 36.5. The van der Waals surface area contributed by atoms with Gasteiger partial charge in [0.25, 0.3) is 0 Å². The summed E-state index contributed by atoms with van der Waals surface area (Å²) in [6.45, 7) is 0. The van der Waals surface area contributed by atoms with Gasteiger partial charge in [0, 0.05) is 27.8 Å². The van der Waals surface area contributed by atoms with Gasteiger partial charge in [-0.15, -0.1) is 0 Å². The number of hydrogen-bond donors (Lipinski definition) is 0. The summed E-state index contributed by atoms with van der Waals surface area (Å²) in [5.41, 5.74) is 18.1. The zero-order valence-electron chi connectivity index (χ0n) is 36.5. The molecule has 1 aliphatic rings. The Labute approximate surface area is 390 Å². The normalized spacial score (nSPS) is 12.3. The minimum Gasteiger partial charge on any atom is -0.248 e. The van der Waals surface area contributed by atoms with E-state index in [2.05, 4.69) is 194 Å². The average Bonchev–Trinajstić information content (AvgIpc) is 3.73. The van der Waals surface area contributed by atoms with Crippen LogP contribution in [-0.2, 0) is 5.41 Å². The highest BCUT2D eigenvalue weighted by atomic mass is 15.0. The Kier molecular flexibility index (Phi) is 10.0. The van der Waals surface area contributed by atoms with E-state index in [1.165, 1.54) is 33.4 Å². The van der Waals surface area contributed by atoms with Crippen LogP contribution in [-0.4, -0.2) is 19.9 Å². The van der Waals surface area contributed by atoms with Crippen LogP contribution in [0.5, 0.6) is 0 Å². The molecule has 2 heterocycles. The number of hydrogen-bond acceptors (Lipinski definition) is 4. The standard InChI is InChI=1S/C63H42N4/c1-5-20-43(21-6-1)51-41-58(64-59(42-51)49-29-18-30-50(39-49)62-66-60(44-22-7-2-8-23-44)65-61(67-62)45-24-9-3-10-25-45)48-28-17-26-46(38-48)47-27-19-33-53(40-47)63(52-31-11-4-12-32-52)56-36-15-13-34-54(56)55-35-14-16-37-57(55)63/h1-42H. The van der Waals surface area contributed by atoms with Gasteiger partial charge in [0.1, 0.15) is 0 Å². The molecule has 1 aliphatic carbocycles. The van der Waals surface area contributed by atoms with Gasteiger partial charge in [-0.1, -0.05) is 224 Å². The van der Waals surface area contributed by atoms with Gasteiger partial charge >= 0.3 is 0 Å². The second-order valence-electron chi connectivity index (χ2n) is 17.0. The van der Waals surface area contributed by atoms with Crippen molar-refractivity contribution < 1.29 is 0 Å². The number of aromatic nitrogens is 4. The largest absolute Gasteiger partial charge is 0.248 e. The van der Waals surface area contributed by atoms with Crippen molar-refractivity contribution in [1.82, 2.24) is 19.9 Å². The Morgan fingerprint density at radius 3 is 1.15 bits per heavy atom. The third-order valence-corrected chi connectivity index (χ3v) is 13.0. The van der Waals surface area contributed by atoms with E-state index in [0.29, 0.717) is 17.5 Å². The molecule has 4 heteroatoms.